The van der Waals surface area contributed by atoms with Gasteiger partial charge in [-0.3, -0.25) is 0 Å². The first-order chi connectivity index (χ1) is 4.77. The molecule has 2 nitrogen and oxygen atoms in total. The maximum atomic E-state index is 6.02. The summed E-state index contributed by atoms with van der Waals surface area (Å²) in [5, 5.41) is 6.02. The minimum atomic E-state index is -1.75. The molecule has 1 aliphatic heterocycles. The first-order valence-electron chi connectivity index (χ1n) is 3.81. The smallest absolute Gasteiger partial charge is 0.269 e. The van der Waals surface area contributed by atoms with Crippen molar-refractivity contribution in [1.29, 1.82) is 0 Å². The molecule has 1 rings (SSSR count). The van der Waals surface area contributed by atoms with Gasteiger partial charge in [0.2, 0.25) is 0 Å². The summed E-state index contributed by atoms with van der Waals surface area (Å²) in [7, 11) is -1.75. The molecule has 0 radical (unpaired) electrons. The van der Waals surface area contributed by atoms with Gasteiger partial charge >= 0.3 is 0 Å². The van der Waals surface area contributed by atoms with Gasteiger partial charge in [0.25, 0.3) is 8.48 Å². The molecule has 1 saturated heterocycles. The highest BCUT2D eigenvalue weighted by atomic mass is 28.4. The molecule has 10 heavy (non-hydrogen) atoms. The molecule has 1 unspecified atom stereocenters. The average Bonchev–Trinajstić information content (AvgIpc) is 1.89. The van der Waals surface area contributed by atoms with Crippen LogP contribution in [0.15, 0.2) is 12.7 Å². The number of allylic oxidation sites excluding steroid dienone is 1. The van der Waals surface area contributed by atoms with Crippen LogP contribution in [0, 0.1) is 0 Å². The monoisotopic (exact) mass is 157 g/mol. The van der Waals surface area contributed by atoms with Crippen LogP contribution >= 0.6 is 0 Å². The van der Waals surface area contributed by atoms with Crippen molar-refractivity contribution in [2.24, 2.45) is 5.40 Å². The van der Waals surface area contributed by atoms with Crippen LogP contribution in [0.4, 0.5) is 0 Å². The van der Waals surface area contributed by atoms with Crippen LogP contribution in [-0.2, 0) is 4.43 Å². The highest BCUT2D eigenvalue weighted by molar-refractivity contribution is 6.71. The first-order valence-corrected chi connectivity index (χ1v) is 6.20. The Kier molecular flexibility index (Phi) is 2.65. The van der Waals surface area contributed by atoms with E-state index in [1.54, 1.807) is 0 Å². The topological polar surface area (TPSA) is 35.2 Å². The van der Waals surface area contributed by atoms with Crippen molar-refractivity contribution >= 4 is 8.48 Å². The fourth-order valence-corrected chi connectivity index (χ4v) is 3.63. The number of hydrogen-bond donors (Lipinski definition) is 1. The predicted molar refractivity (Wildman–Crippen MR) is 44.9 cm³/mol. The lowest BCUT2D eigenvalue weighted by atomic mass is 10.4. The standard InChI is InChI=1S/C7H15NOSi/c1-2-6-10(8)7-4-3-5-9-10/h2H,1,3-8H2. The van der Waals surface area contributed by atoms with Crippen molar-refractivity contribution in [3.8, 4) is 0 Å². The Morgan fingerprint density at radius 3 is 2.90 bits per heavy atom. The molecule has 0 bridgehead atoms. The fourth-order valence-electron chi connectivity index (χ4n) is 1.28. The van der Waals surface area contributed by atoms with Gasteiger partial charge in [-0.1, -0.05) is 12.5 Å². The lowest BCUT2D eigenvalue weighted by molar-refractivity contribution is 0.268. The van der Waals surface area contributed by atoms with E-state index in [1.807, 2.05) is 6.08 Å². The average molecular weight is 157 g/mol. The number of hydrogen-bond acceptors (Lipinski definition) is 2. The van der Waals surface area contributed by atoms with Gasteiger partial charge in [0.15, 0.2) is 0 Å². The van der Waals surface area contributed by atoms with E-state index < -0.39 is 8.48 Å². The van der Waals surface area contributed by atoms with Gasteiger partial charge in [-0.2, -0.15) is 0 Å². The minimum absolute atomic E-state index is 0.872. The second kappa shape index (κ2) is 3.32. The summed E-state index contributed by atoms with van der Waals surface area (Å²) in [6, 6.07) is 2.02. The molecule has 1 fully saturated rings. The Balaban J connectivity index is 2.39. The zero-order valence-electron chi connectivity index (χ0n) is 6.31. The van der Waals surface area contributed by atoms with E-state index in [0.29, 0.717) is 0 Å². The molecule has 0 saturated carbocycles. The van der Waals surface area contributed by atoms with E-state index in [0.717, 1.165) is 18.7 Å². The molecule has 1 heterocycles. The summed E-state index contributed by atoms with van der Waals surface area (Å²) in [5.41, 5.74) is 0. The van der Waals surface area contributed by atoms with Crippen molar-refractivity contribution in [1.82, 2.24) is 0 Å². The minimum Gasteiger partial charge on any atom is -0.403 e. The SMILES string of the molecule is C=CC[Si]1(N)CCCCO1. The molecule has 0 amide bonds. The van der Waals surface area contributed by atoms with Gasteiger partial charge in [0.05, 0.1) is 0 Å². The third-order valence-corrected chi connectivity index (χ3v) is 4.83. The van der Waals surface area contributed by atoms with Crippen molar-refractivity contribution < 1.29 is 4.43 Å². The van der Waals surface area contributed by atoms with E-state index >= 15 is 0 Å². The second-order valence-electron chi connectivity index (χ2n) is 2.86. The van der Waals surface area contributed by atoms with Crippen LogP contribution in [0.1, 0.15) is 12.8 Å². The van der Waals surface area contributed by atoms with Crippen LogP contribution in [0.5, 0.6) is 0 Å². The van der Waals surface area contributed by atoms with E-state index in [9.17, 15) is 0 Å². The summed E-state index contributed by atoms with van der Waals surface area (Å²) in [4.78, 5) is 0. The molecule has 0 aromatic heterocycles. The lowest BCUT2D eigenvalue weighted by Gasteiger charge is -2.29. The Bertz CT molecular complexity index is 121. The maximum absolute atomic E-state index is 6.02. The van der Waals surface area contributed by atoms with Crippen molar-refractivity contribution in [3.63, 3.8) is 0 Å². The maximum Gasteiger partial charge on any atom is 0.269 e. The highest BCUT2D eigenvalue weighted by Crippen LogP contribution is 2.20. The zero-order chi connectivity index (χ0) is 7.45. The van der Waals surface area contributed by atoms with Crippen molar-refractivity contribution in [2.45, 2.75) is 24.9 Å². The largest absolute Gasteiger partial charge is 0.403 e. The quantitative estimate of drug-likeness (QED) is 0.485. The van der Waals surface area contributed by atoms with Gasteiger partial charge in [-0.15, -0.1) is 6.58 Å². The van der Waals surface area contributed by atoms with E-state index in [1.165, 1.54) is 12.8 Å². The number of rotatable bonds is 2. The van der Waals surface area contributed by atoms with Crippen LogP contribution in [-0.4, -0.2) is 15.1 Å². The second-order valence-corrected chi connectivity index (χ2v) is 6.19. The predicted octanol–water partition coefficient (Wildman–Crippen LogP) is 1.38. The molecule has 0 aromatic rings. The van der Waals surface area contributed by atoms with Crippen LogP contribution < -0.4 is 5.40 Å². The third kappa shape index (κ3) is 1.93. The molecule has 2 N–H and O–H groups in total. The Labute approximate surface area is 63.3 Å². The first kappa shape index (κ1) is 7.98. The molecule has 1 aliphatic rings. The summed E-state index contributed by atoms with van der Waals surface area (Å²) in [5.74, 6) is 0. The molecular formula is C7H15NOSi. The summed E-state index contributed by atoms with van der Waals surface area (Å²) >= 11 is 0. The van der Waals surface area contributed by atoms with E-state index in [2.05, 4.69) is 6.58 Å². The molecule has 3 heteroatoms. The Morgan fingerprint density at radius 1 is 1.60 bits per heavy atom. The fraction of sp³-hybridized carbons (Fsp3) is 0.714. The molecule has 58 valence electrons. The third-order valence-electron chi connectivity index (χ3n) is 1.87. The van der Waals surface area contributed by atoms with Gasteiger partial charge in [-0.05, 0) is 18.5 Å². The number of nitrogens with two attached hydrogens (primary N) is 1. The highest BCUT2D eigenvalue weighted by Gasteiger charge is 2.30. The Morgan fingerprint density at radius 2 is 2.40 bits per heavy atom. The molecular weight excluding hydrogens is 142 g/mol. The van der Waals surface area contributed by atoms with Crippen LogP contribution in [0.25, 0.3) is 0 Å². The van der Waals surface area contributed by atoms with Gasteiger partial charge in [-0.25, -0.2) is 0 Å². The molecule has 0 aromatic carbocycles. The van der Waals surface area contributed by atoms with Crippen molar-refractivity contribution in [3.05, 3.63) is 12.7 Å². The van der Waals surface area contributed by atoms with Gasteiger partial charge < -0.3 is 9.83 Å². The van der Waals surface area contributed by atoms with Crippen LogP contribution in [0.3, 0.4) is 0 Å². The molecule has 0 aliphatic carbocycles. The van der Waals surface area contributed by atoms with Gasteiger partial charge in [0.1, 0.15) is 0 Å². The zero-order valence-corrected chi connectivity index (χ0v) is 7.31. The summed E-state index contributed by atoms with van der Waals surface area (Å²) in [6.07, 6.45) is 4.32. The Hall–Kier alpha value is -0.123. The summed E-state index contributed by atoms with van der Waals surface area (Å²) in [6.45, 7) is 4.55. The van der Waals surface area contributed by atoms with Gasteiger partial charge in [0, 0.05) is 6.61 Å². The van der Waals surface area contributed by atoms with Crippen molar-refractivity contribution in [2.75, 3.05) is 6.61 Å². The van der Waals surface area contributed by atoms with E-state index in [4.69, 9.17) is 9.83 Å². The van der Waals surface area contributed by atoms with E-state index in [-0.39, 0.29) is 0 Å². The lowest BCUT2D eigenvalue weighted by Crippen LogP contribution is -2.50. The molecule has 0 spiro atoms. The summed E-state index contributed by atoms with van der Waals surface area (Å²) < 4.78 is 5.55. The van der Waals surface area contributed by atoms with Crippen LogP contribution in [0.2, 0.25) is 12.1 Å². The normalized spacial score (nSPS) is 33.7. The molecule has 1 atom stereocenters.